The highest BCUT2D eigenvalue weighted by Crippen LogP contribution is 2.34. The average Bonchev–Trinajstić information content (AvgIpc) is 3.31. The van der Waals surface area contributed by atoms with E-state index in [-0.39, 0.29) is 34.1 Å². The number of aliphatic imine (C=N–C) groups is 1. The molecule has 0 spiro atoms. The van der Waals surface area contributed by atoms with Gasteiger partial charge in [0.05, 0.1) is 26.2 Å². The number of allylic oxidation sites excluding steroid dienone is 1. The van der Waals surface area contributed by atoms with Gasteiger partial charge in [-0.1, -0.05) is 24.3 Å². The molecule has 0 aromatic heterocycles. The second kappa shape index (κ2) is 19.0. The molecule has 2 saturated heterocycles. The Balaban J connectivity index is 0.000000179. The molecule has 4 aromatic rings. The number of fused-ring (bicyclic) bond motifs is 1. The average molecular weight is 794 g/mol. The maximum Gasteiger partial charge on any atom is 0.292 e. The Morgan fingerprint density at radius 1 is 0.621 bits per heavy atom. The number of hydrogen-bond donors (Lipinski definition) is 3. The monoisotopic (exact) mass is 793 g/mol. The van der Waals surface area contributed by atoms with E-state index in [0.29, 0.717) is 6.42 Å². The van der Waals surface area contributed by atoms with Gasteiger partial charge in [-0.25, -0.2) is 0 Å². The third-order valence-electron chi connectivity index (χ3n) is 10.3. The van der Waals surface area contributed by atoms with E-state index in [9.17, 15) is 30.3 Å². The second-order valence-electron chi connectivity index (χ2n) is 14.7. The van der Waals surface area contributed by atoms with Crippen molar-refractivity contribution in [3.8, 4) is 0 Å². The van der Waals surface area contributed by atoms with Gasteiger partial charge in [0.25, 0.3) is 17.1 Å². The summed E-state index contributed by atoms with van der Waals surface area (Å²) in [5.74, 6) is 0. The largest absolute Gasteiger partial charge is 0.393 e. The number of nitrogens with two attached hydrogens (primary N) is 3. The van der Waals surface area contributed by atoms with Crippen molar-refractivity contribution >= 4 is 62.5 Å². The number of nitro groups is 3. The lowest BCUT2D eigenvalue weighted by molar-refractivity contribution is -0.384. The zero-order valence-corrected chi connectivity index (χ0v) is 33.2. The fraction of sp³-hybridized carbons (Fsp3) is 0.341. The van der Waals surface area contributed by atoms with Crippen LogP contribution in [-0.4, -0.2) is 96.7 Å². The fourth-order valence-electron chi connectivity index (χ4n) is 6.91. The van der Waals surface area contributed by atoms with Crippen LogP contribution in [0.4, 0.5) is 51.2 Å². The molecule has 4 aromatic carbocycles. The number of benzene rings is 4. The van der Waals surface area contributed by atoms with E-state index in [1.54, 1.807) is 37.3 Å². The summed E-state index contributed by atoms with van der Waals surface area (Å²) >= 11 is 0. The quantitative estimate of drug-likeness (QED) is 0.103. The van der Waals surface area contributed by atoms with E-state index in [4.69, 9.17) is 22.2 Å². The van der Waals surface area contributed by atoms with Crippen molar-refractivity contribution in [2.24, 2.45) is 4.99 Å². The van der Waals surface area contributed by atoms with Crippen molar-refractivity contribution in [2.45, 2.75) is 26.2 Å². The standard InChI is InChI=1S/C20H23N5O2.C12H18N4O2.C9H10N2O2/c1-23-7-2-8-24(10-9-23)16-4-6-18-15(11-16)12-19(22-18)14-3-5-17(21)20(13-14)25(26)27;1-14-5-2-6-15(8-7-14)10-3-4-12(16(17)18)11(13)9-10;1-6(2)7-3-4-8(10)9(5-7)11(12)13/h3-6,11,13H,2,7-10,12,21H2,1H3;3-4,9H,2,5-8,13H2,1H3;3-5H,1,10H2,2H3. The van der Waals surface area contributed by atoms with Crippen LogP contribution in [-0.2, 0) is 6.42 Å². The second-order valence-corrected chi connectivity index (χ2v) is 14.7. The van der Waals surface area contributed by atoms with E-state index >= 15 is 0 Å². The molecule has 0 bridgehead atoms. The summed E-state index contributed by atoms with van der Waals surface area (Å²) in [5, 5.41) is 32.4. The van der Waals surface area contributed by atoms with Crippen LogP contribution in [0.5, 0.6) is 0 Å². The van der Waals surface area contributed by atoms with Crippen LogP contribution in [0.3, 0.4) is 0 Å². The number of rotatable bonds is 7. The van der Waals surface area contributed by atoms with Gasteiger partial charge in [-0.3, -0.25) is 35.3 Å². The number of likely N-dealkylation sites (N-methyl/N-ethyl adjacent to an activating group) is 2. The highest BCUT2D eigenvalue weighted by molar-refractivity contribution is 6.07. The van der Waals surface area contributed by atoms with E-state index in [0.717, 1.165) is 99.0 Å². The van der Waals surface area contributed by atoms with Crippen LogP contribution in [0.15, 0.2) is 84.4 Å². The Morgan fingerprint density at radius 3 is 1.71 bits per heavy atom. The van der Waals surface area contributed by atoms with Gasteiger partial charge in [0.15, 0.2) is 0 Å². The molecule has 0 unspecified atom stereocenters. The van der Waals surface area contributed by atoms with Crippen molar-refractivity contribution in [3.05, 3.63) is 126 Å². The summed E-state index contributed by atoms with van der Waals surface area (Å²) in [4.78, 5) is 45.0. The van der Waals surface area contributed by atoms with Gasteiger partial charge in [0.2, 0.25) is 0 Å². The lowest BCUT2D eigenvalue weighted by atomic mass is 10.0. The predicted molar refractivity (Wildman–Crippen MR) is 232 cm³/mol. The maximum absolute atomic E-state index is 11.2. The molecular formula is C41H51N11O6. The van der Waals surface area contributed by atoms with E-state index in [2.05, 4.69) is 58.5 Å². The minimum Gasteiger partial charge on any atom is -0.393 e. The van der Waals surface area contributed by atoms with Crippen molar-refractivity contribution in [1.29, 1.82) is 0 Å². The molecule has 3 aliphatic rings. The Morgan fingerprint density at radius 2 is 1.16 bits per heavy atom. The topological polar surface area (TPSA) is 233 Å². The number of nitrogen functional groups attached to an aromatic ring is 3. The first-order valence-corrected chi connectivity index (χ1v) is 19.0. The van der Waals surface area contributed by atoms with Gasteiger partial charge in [0, 0.05) is 80.8 Å². The van der Waals surface area contributed by atoms with Gasteiger partial charge in [-0.05, 0) is 101 Å². The molecule has 0 amide bonds. The molecule has 58 heavy (non-hydrogen) atoms. The van der Waals surface area contributed by atoms with Gasteiger partial charge in [-0.2, -0.15) is 0 Å². The first-order valence-electron chi connectivity index (χ1n) is 19.0. The number of nitro benzene ring substituents is 3. The molecule has 0 saturated carbocycles. The summed E-state index contributed by atoms with van der Waals surface area (Å²) < 4.78 is 0. The molecule has 0 atom stereocenters. The highest BCUT2D eigenvalue weighted by Gasteiger charge is 2.22. The van der Waals surface area contributed by atoms with E-state index in [1.807, 2.05) is 0 Å². The number of nitrogens with zero attached hydrogens (tertiary/aromatic N) is 8. The molecule has 306 valence electrons. The third kappa shape index (κ3) is 10.8. The Kier molecular flexibility index (Phi) is 14.0. The summed E-state index contributed by atoms with van der Waals surface area (Å²) in [6.45, 7) is 13.7. The van der Waals surface area contributed by atoms with Crippen molar-refractivity contribution in [1.82, 2.24) is 9.80 Å². The van der Waals surface area contributed by atoms with Crippen molar-refractivity contribution in [2.75, 3.05) is 93.5 Å². The molecule has 17 heteroatoms. The Hall–Kier alpha value is -6.59. The van der Waals surface area contributed by atoms with Gasteiger partial charge in [-0.15, -0.1) is 0 Å². The molecule has 7 rings (SSSR count). The van der Waals surface area contributed by atoms with Crippen LogP contribution < -0.4 is 27.0 Å². The summed E-state index contributed by atoms with van der Waals surface area (Å²) in [5.41, 5.74) is 24.7. The number of anilines is 5. The highest BCUT2D eigenvalue weighted by atomic mass is 16.6. The van der Waals surface area contributed by atoms with Crippen molar-refractivity contribution in [3.63, 3.8) is 0 Å². The smallest absolute Gasteiger partial charge is 0.292 e. The molecular weight excluding hydrogens is 743 g/mol. The Bertz CT molecular complexity index is 2210. The summed E-state index contributed by atoms with van der Waals surface area (Å²) in [6, 6.07) is 20.9. The fourth-order valence-corrected chi connectivity index (χ4v) is 6.91. The molecule has 0 aliphatic carbocycles. The van der Waals surface area contributed by atoms with Gasteiger partial charge in [0.1, 0.15) is 17.1 Å². The van der Waals surface area contributed by atoms with Crippen LogP contribution in [0.2, 0.25) is 0 Å². The first-order chi connectivity index (χ1) is 27.6. The SMILES string of the molecule is C=C(C)c1ccc(N)c([N+](=O)[O-])c1.CN1CCCN(c2ccc([N+](=O)[O-])c(N)c2)CC1.CN1CCCN(c2ccc3c(c2)CC(c2ccc(N)c([N+](=O)[O-])c2)=N3)CC1. The molecule has 3 aliphatic heterocycles. The molecule has 6 N–H and O–H groups in total. The van der Waals surface area contributed by atoms with E-state index < -0.39 is 14.8 Å². The lowest BCUT2D eigenvalue weighted by Crippen LogP contribution is -2.28. The zero-order valence-electron chi connectivity index (χ0n) is 33.2. The lowest BCUT2D eigenvalue weighted by Gasteiger charge is -2.23. The van der Waals surface area contributed by atoms with Gasteiger partial charge < -0.3 is 36.8 Å². The van der Waals surface area contributed by atoms with Crippen LogP contribution in [0.1, 0.15) is 36.5 Å². The van der Waals surface area contributed by atoms with E-state index in [1.165, 1.54) is 35.5 Å². The molecule has 0 radical (unpaired) electrons. The summed E-state index contributed by atoms with van der Waals surface area (Å²) in [6.07, 6.45) is 2.93. The predicted octanol–water partition coefficient (Wildman–Crippen LogP) is 6.52. The normalized spacial score (nSPS) is 15.7. The van der Waals surface area contributed by atoms with Crippen molar-refractivity contribution < 1.29 is 14.8 Å². The Labute approximate surface area is 337 Å². The molecule has 3 heterocycles. The summed E-state index contributed by atoms with van der Waals surface area (Å²) in [7, 11) is 4.27. The zero-order chi connectivity index (χ0) is 42.1. The molecule has 2 fully saturated rings. The maximum atomic E-state index is 11.2. The third-order valence-corrected chi connectivity index (χ3v) is 10.3. The molecule has 17 nitrogen and oxygen atoms in total. The van der Waals surface area contributed by atoms with Gasteiger partial charge >= 0.3 is 0 Å². The van der Waals surface area contributed by atoms with Crippen LogP contribution in [0.25, 0.3) is 5.57 Å². The van der Waals surface area contributed by atoms with Crippen LogP contribution in [0, 0.1) is 30.3 Å². The number of hydrogen-bond acceptors (Lipinski definition) is 14. The minimum absolute atomic E-state index is 0.0225. The minimum atomic E-state index is -0.498. The first kappa shape index (κ1) is 42.6. The van der Waals surface area contributed by atoms with Crippen LogP contribution >= 0.6 is 0 Å².